The average Bonchev–Trinajstić information content (AvgIpc) is 2.40. The lowest BCUT2D eigenvalue weighted by molar-refractivity contribution is -0.385. The van der Waals surface area contributed by atoms with E-state index in [0.717, 1.165) is 10.4 Å². The largest absolute Gasteiger partial charge is 0.273 e. The first-order chi connectivity index (χ1) is 9.62. The molecule has 0 aliphatic heterocycles. The first-order valence-electron chi connectivity index (χ1n) is 6.23. The van der Waals surface area contributed by atoms with Gasteiger partial charge in [0, 0.05) is 24.7 Å². The van der Waals surface area contributed by atoms with Crippen LogP contribution in [0.3, 0.4) is 0 Å². The predicted molar refractivity (Wildman–Crippen MR) is 77.2 cm³/mol. The molecule has 0 radical (unpaired) electrons. The fourth-order valence-electron chi connectivity index (χ4n) is 1.81. The molecule has 1 rings (SSSR count). The van der Waals surface area contributed by atoms with Crippen molar-refractivity contribution in [3.63, 3.8) is 0 Å². The summed E-state index contributed by atoms with van der Waals surface area (Å²) in [6, 6.07) is 3.87. The zero-order chi connectivity index (χ0) is 16.4. The SMILES string of the molecule is Cc1cc(S(=O)(=O)N(C)C(C)CC#N)cc([N+](=O)[O-])c1C. The fourth-order valence-corrected chi connectivity index (χ4v) is 3.28. The number of nitro benzene ring substituents is 1. The maximum Gasteiger partial charge on any atom is 0.273 e. The van der Waals surface area contributed by atoms with Crippen molar-refractivity contribution in [2.24, 2.45) is 0 Å². The molecule has 0 saturated heterocycles. The van der Waals surface area contributed by atoms with Gasteiger partial charge in [-0.25, -0.2) is 8.42 Å². The molecule has 0 amide bonds. The molecule has 0 N–H and O–H groups in total. The molecule has 1 aromatic rings. The number of rotatable bonds is 5. The van der Waals surface area contributed by atoms with E-state index in [4.69, 9.17) is 5.26 Å². The highest BCUT2D eigenvalue weighted by atomic mass is 32.2. The van der Waals surface area contributed by atoms with E-state index in [2.05, 4.69) is 0 Å². The summed E-state index contributed by atoms with van der Waals surface area (Å²) < 4.78 is 26.0. The van der Waals surface area contributed by atoms with Crippen LogP contribution in [0.15, 0.2) is 17.0 Å². The van der Waals surface area contributed by atoms with E-state index in [1.807, 2.05) is 6.07 Å². The van der Waals surface area contributed by atoms with Gasteiger partial charge in [0.15, 0.2) is 0 Å². The standard InChI is InChI=1S/C13H17N3O4S/c1-9-7-12(8-13(11(9)3)16(17)18)21(19,20)15(4)10(2)5-6-14/h7-8,10H,5H2,1-4H3. The topological polar surface area (TPSA) is 104 Å². The van der Waals surface area contributed by atoms with E-state index in [0.29, 0.717) is 11.1 Å². The zero-order valence-corrected chi connectivity index (χ0v) is 13.1. The molecule has 1 atom stereocenters. The minimum Gasteiger partial charge on any atom is -0.258 e. The van der Waals surface area contributed by atoms with Crippen LogP contribution in [-0.4, -0.2) is 30.7 Å². The first-order valence-corrected chi connectivity index (χ1v) is 7.67. The second-order valence-corrected chi connectivity index (χ2v) is 6.87. The Morgan fingerprint density at radius 1 is 1.43 bits per heavy atom. The fraction of sp³-hybridized carbons (Fsp3) is 0.462. The van der Waals surface area contributed by atoms with E-state index in [9.17, 15) is 18.5 Å². The molecule has 0 aliphatic rings. The molecule has 0 fully saturated rings. The van der Waals surface area contributed by atoms with Gasteiger partial charge < -0.3 is 0 Å². The van der Waals surface area contributed by atoms with Crippen molar-refractivity contribution < 1.29 is 13.3 Å². The summed E-state index contributed by atoms with van der Waals surface area (Å²) in [6.45, 7) is 4.81. The number of nitriles is 1. The van der Waals surface area contributed by atoms with Gasteiger partial charge in [-0.15, -0.1) is 0 Å². The quantitative estimate of drug-likeness (QED) is 0.612. The van der Waals surface area contributed by atoms with Gasteiger partial charge >= 0.3 is 0 Å². The molecule has 7 nitrogen and oxygen atoms in total. The summed E-state index contributed by atoms with van der Waals surface area (Å²) in [5.41, 5.74) is 0.741. The maximum atomic E-state index is 12.5. The third-order valence-electron chi connectivity index (χ3n) is 3.49. The molecule has 0 heterocycles. The summed E-state index contributed by atoms with van der Waals surface area (Å²) in [5, 5.41) is 19.7. The number of sulfonamides is 1. The Labute approximate surface area is 124 Å². The summed E-state index contributed by atoms with van der Waals surface area (Å²) in [5.74, 6) is 0. The molecule has 0 aliphatic carbocycles. The Hall–Kier alpha value is -1.98. The van der Waals surface area contributed by atoms with Crippen LogP contribution in [-0.2, 0) is 10.0 Å². The van der Waals surface area contributed by atoms with Gasteiger partial charge in [0.1, 0.15) is 0 Å². The van der Waals surface area contributed by atoms with Crippen molar-refractivity contribution in [2.75, 3.05) is 7.05 Å². The van der Waals surface area contributed by atoms with Crippen LogP contribution < -0.4 is 0 Å². The highest BCUT2D eigenvalue weighted by Gasteiger charge is 2.28. The van der Waals surface area contributed by atoms with Gasteiger partial charge in [-0.1, -0.05) is 0 Å². The molecule has 0 spiro atoms. The Morgan fingerprint density at radius 3 is 2.48 bits per heavy atom. The van der Waals surface area contributed by atoms with Crippen molar-refractivity contribution in [3.8, 4) is 6.07 Å². The molecule has 0 bridgehead atoms. The van der Waals surface area contributed by atoms with Crippen LogP contribution >= 0.6 is 0 Å². The van der Waals surface area contributed by atoms with E-state index in [-0.39, 0.29) is 17.0 Å². The number of nitro groups is 1. The summed E-state index contributed by atoms with van der Waals surface area (Å²) >= 11 is 0. The van der Waals surface area contributed by atoms with Crippen molar-refractivity contribution >= 4 is 15.7 Å². The van der Waals surface area contributed by atoms with Gasteiger partial charge in [-0.2, -0.15) is 9.57 Å². The number of hydrogen-bond donors (Lipinski definition) is 0. The summed E-state index contributed by atoms with van der Waals surface area (Å²) in [7, 11) is -2.52. The van der Waals surface area contributed by atoms with Crippen LogP contribution in [0.4, 0.5) is 5.69 Å². The maximum absolute atomic E-state index is 12.5. The third kappa shape index (κ3) is 3.37. The molecule has 21 heavy (non-hydrogen) atoms. The lowest BCUT2D eigenvalue weighted by Crippen LogP contribution is -2.34. The molecule has 1 aromatic carbocycles. The highest BCUT2D eigenvalue weighted by Crippen LogP contribution is 2.28. The van der Waals surface area contributed by atoms with Crippen LogP contribution in [0, 0.1) is 35.3 Å². The molecular formula is C13H17N3O4S. The second-order valence-electron chi connectivity index (χ2n) is 4.87. The Morgan fingerprint density at radius 2 is 2.00 bits per heavy atom. The van der Waals surface area contributed by atoms with Crippen LogP contribution in [0.25, 0.3) is 0 Å². The Kier molecular flexibility index (Phi) is 5.04. The number of benzene rings is 1. The molecule has 114 valence electrons. The molecule has 8 heteroatoms. The molecule has 0 aromatic heterocycles. The normalized spacial score (nSPS) is 13.0. The first kappa shape index (κ1) is 17.1. The van der Waals surface area contributed by atoms with Crippen molar-refractivity contribution in [1.82, 2.24) is 4.31 Å². The minimum absolute atomic E-state index is 0.0443. The predicted octanol–water partition coefficient (Wildman–Crippen LogP) is 2.13. The zero-order valence-electron chi connectivity index (χ0n) is 12.3. The Balaban J connectivity index is 3.40. The van der Waals surface area contributed by atoms with Crippen molar-refractivity contribution in [3.05, 3.63) is 33.4 Å². The monoisotopic (exact) mass is 311 g/mol. The van der Waals surface area contributed by atoms with Gasteiger partial charge in [-0.3, -0.25) is 10.1 Å². The minimum atomic E-state index is -3.88. The van der Waals surface area contributed by atoms with Crippen LogP contribution in [0.1, 0.15) is 24.5 Å². The number of nitrogens with zero attached hydrogens (tertiary/aromatic N) is 3. The van der Waals surface area contributed by atoms with Gasteiger partial charge in [0.05, 0.1) is 22.3 Å². The highest BCUT2D eigenvalue weighted by molar-refractivity contribution is 7.89. The Bertz CT molecular complexity index is 707. The average molecular weight is 311 g/mol. The van der Waals surface area contributed by atoms with E-state index in [1.165, 1.54) is 13.1 Å². The summed E-state index contributed by atoms with van der Waals surface area (Å²) in [4.78, 5) is 10.3. The number of hydrogen-bond acceptors (Lipinski definition) is 5. The lowest BCUT2D eigenvalue weighted by atomic mass is 10.1. The van der Waals surface area contributed by atoms with E-state index in [1.54, 1.807) is 20.8 Å². The molecular weight excluding hydrogens is 294 g/mol. The van der Waals surface area contributed by atoms with Gasteiger partial charge in [0.25, 0.3) is 5.69 Å². The van der Waals surface area contributed by atoms with Crippen LogP contribution in [0.5, 0.6) is 0 Å². The second kappa shape index (κ2) is 6.20. The third-order valence-corrected chi connectivity index (χ3v) is 5.44. The number of aryl methyl sites for hydroxylation is 1. The van der Waals surface area contributed by atoms with Gasteiger partial charge in [0.2, 0.25) is 10.0 Å². The van der Waals surface area contributed by atoms with Crippen molar-refractivity contribution in [2.45, 2.75) is 38.1 Å². The van der Waals surface area contributed by atoms with Crippen molar-refractivity contribution in [1.29, 1.82) is 5.26 Å². The molecule has 0 saturated carbocycles. The van der Waals surface area contributed by atoms with Crippen LogP contribution in [0.2, 0.25) is 0 Å². The van der Waals surface area contributed by atoms with E-state index >= 15 is 0 Å². The lowest BCUT2D eigenvalue weighted by Gasteiger charge is -2.22. The van der Waals surface area contributed by atoms with Gasteiger partial charge in [-0.05, 0) is 32.4 Å². The molecule has 1 unspecified atom stereocenters. The summed E-state index contributed by atoms with van der Waals surface area (Å²) in [6.07, 6.45) is 0.0443. The van der Waals surface area contributed by atoms with E-state index < -0.39 is 21.0 Å². The smallest absolute Gasteiger partial charge is 0.258 e.